The first kappa shape index (κ1) is 13.5. The lowest BCUT2D eigenvalue weighted by atomic mass is 10.1. The van der Waals surface area contributed by atoms with Gasteiger partial charge in [-0.2, -0.15) is 0 Å². The normalized spacial score (nSPS) is 12.2. The number of anilines is 1. The highest BCUT2D eigenvalue weighted by molar-refractivity contribution is 5.53. The molecule has 4 nitrogen and oxygen atoms in total. The molecule has 1 unspecified atom stereocenters. The first-order valence-corrected chi connectivity index (χ1v) is 6.03. The van der Waals surface area contributed by atoms with Crippen LogP contribution in [0.25, 0.3) is 0 Å². The van der Waals surface area contributed by atoms with E-state index in [0.717, 1.165) is 12.2 Å². The Hall–Kier alpha value is -1.58. The molecule has 0 radical (unpaired) electrons. The molecule has 1 aromatic carbocycles. The summed E-state index contributed by atoms with van der Waals surface area (Å²) in [7, 11) is 0. The van der Waals surface area contributed by atoms with Gasteiger partial charge in [0.15, 0.2) is 0 Å². The zero-order valence-electron chi connectivity index (χ0n) is 10.7. The molecule has 0 heterocycles. The maximum atomic E-state index is 10.7. The number of nitrogens with zero attached hydrogens (tertiary/aromatic N) is 1. The van der Waals surface area contributed by atoms with Gasteiger partial charge in [0.2, 0.25) is 0 Å². The molecule has 1 N–H and O–H groups in total. The average Bonchev–Trinajstić information content (AvgIpc) is 2.26. The third-order valence-corrected chi connectivity index (χ3v) is 2.83. The zero-order valence-corrected chi connectivity index (χ0v) is 10.7. The molecule has 0 aliphatic heterocycles. The smallest absolute Gasteiger partial charge is 0.272 e. The fourth-order valence-corrected chi connectivity index (χ4v) is 1.86. The van der Waals surface area contributed by atoms with Crippen molar-refractivity contribution < 1.29 is 4.92 Å². The molecule has 17 heavy (non-hydrogen) atoms. The van der Waals surface area contributed by atoms with E-state index in [1.807, 2.05) is 6.07 Å². The zero-order chi connectivity index (χ0) is 12.8. The molecule has 0 aliphatic carbocycles. The predicted molar refractivity (Wildman–Crippen MR) is 70.4 cm³/mol. The van der Waals surface area contributed by atoms with Crippen LogP contribution in [0.3, 0.4) is 0 Å². The van der Waals surface area contributed by atoms with E-state index in [1.165, 1.54) is 12.8 Å². The van der Waals surface area contributed by atoms with Crippen LogP contribution in [-0.4, -0.2) is 11.5 Å². The minimum absolute atomic E-state index is 0.178. The van der Waals surface area contributed by atoms with E-state index in [0.29, 0.717) is 11.5 Å². The summed E-state index contributed by atoms with van der Waals surface area (Å²) in [5, 5.41) is 14.0. The number of hydrogen-bond donors (Lipinski definition) is 1. The van der Waals surface area contributed by atoms with Gasteiger partial charge in [0, 0.05) is 23.9 Å². The van der Waals surface area contributed by atoms with Crippen molar-refractivity contribution in [3.63, 3.8) is 0 Å². The van der Waals surface area contributed by atoms with Crippen molar-refractivity contribution in [1.29, 1.82) is 0 Å². The van der Waals surface area contributed by atoms with Crippen molar-refractivity contribution in [1.82, 2.24) is 0 Å². The van der Waals surface area contributed by atoms with E-state index in [2.05, 4.69) is 19.2 Å². The van der Waals surface area contributed by atoms with Crippen LogP contribution in [0.2, 0.25) is 0 Å². The SMILES string of the molecule is CCCC(C)CNc1ccc([N+](=O)[O-])c(C)c1. The third-order valence-electron chi connectivity index (χ3n) is 2.83. The highest BCUT2D eigenvalue weighted by Crippen LogP contribution is 2.21. The number of benzene rings is 1. The van der Waals surface area contributed by atoms with Crippen LogP contribution >= 0.6 is 0 Å². The molecular weight excluding hydrogens is 216 g/mol. The lowest BCUT2D eigenvalue weighted by Gasteiger charge is -2.12. The number of nitrogens with one attached hydrogen (secondary N) is 1. The summed E-state index contributed by atoms with van der Waals surface area (Å²) in [5.74, 6) is 0.621. The van der Waals surface area contributed by atoms with Gasteiger partial charge in [0.25, 0.3) is 5.69 Å². The van der Waals surface area contributed by atoms with Crippen molar-refractivity contribution in [2.75, 3.05) is 11.9 Å². The van der Waals surface area contributed by atoms with Gasteiger partial charge in [-0.1, -0.05) is 20.3 Å². The molecule has 0 spiro atoms. The Morgan fingerprint density at radius 1 is 1.47 bits per heavy atom. The van der Waals surface area contributed by atoms with Crippen molar-refractivity contribution >= 4 is 11.4 Å². The standard InChI is InChI=1S/C13H20N2O2/c1-4-5-10(2)9-14-12-6-7-13(15(16)17)11(3)8-12/h6-8,10,14H,4-5,9H2,1-3H3. The van der Waals surface area contributed by atoms with Crippen LogP contribution in [0.15, 0.2) is 18.2 Å². The van der Waals surface area contributed by atoms with E-state index >= 15 is 0 Å². The number of nitro benzene ring substituents is 1. The number of hydrogen-bond acceptors (Lipinski definition) is 3. The van der Waals surface area contributed by atoms with Crippen molar-refractivity contribution in [3.8, 4) is 0 Å². The first-order valence-electron chi connectivity index (χ1n) is 6.03. The van der Waals surface area contributed by atoms with Gasteiger partial charge in [-0.3, -0.25) is 10.1 Å². The topological polar surface area (TPSA) is 55.2 Å². The highest BCUT2D eigenvalue weighted by atomic mass is 16.6. The van der Waals surface area contributed by atoms with Gasteiger partial charge < -0.3 is 5.32 Å². The van der Waals surface area contributed by atoms with Crippen LogP contribution in [0.1, 0.15) is 32.3 Å². The summed E-state index contributed by atoms with van der Waals surface area (Å²) in [6, 6.07) is 5.16. The Morgan fingerprint density at radius 2 is 2.18 bits per heavy atom. The Balaban J connectivity index is 2.62. The summed E-state index contributed by atoms with van der Waals surface area (Å²) < 4.78 is 0. The van der Waals surface area contributed by atoms with E-state index in [1.54, 1.807) is 19.1 Å². The molecule has 0 bridgehead atoms. The quantitative estimate of drug-likeness (QED) is 0.604. The van der Waals surface area contributed by atoms with Crippen LogP contribution in [0.5, 0.6) is 0 Å². The summed E-state index contributed by atoms with van der Waals surface area (Å²) in [6.45, 7) is 7.05. The molecular formula is C13H20N2O2. The molecule has 1 aromatic rings. The monoisotopic (exact) mass is 236 g/mol. The number of nitro groups is 1. The summed E-state index contributed by atoms with van der Waals surface area (Å²) in [5.41, 5.74) is 1.83. The second-order valence-corrected chi connectivity index (χ2v) is 4.53. The van der Waals surface area contributed by atoms with Crippen molar-refractivity contribution in [2.45, 2.75) is 33.6 Å². The van der Waals surface area contributed by atoms with Gasteiger partial charge in [0.05, 0.1) is 4.92 Å². The van der Waals surface area contributed by atoms with Gasteiger partial charge >= 0.3 is 0 Å². The average molecular weight is 236 g/mol. The Kier molecular flexibility index (Phi) is 4.94. The van der Waals surface area contributed by atoms with Crippen LogP contribution in [0, 0.1) is 23.0 Å². The molecule has 0 fully saturated rings. The molecule has 1 atom stereocenters. The molecule has 94 valence electrons. The Bertz CT molecular complexity index is 391. The second kappa shape index (κ2) is 6.23. The third kappa shape index (κ3) is 4.06. The largest absolute Gasteiger partial charge is 0.385 e. The molecule has 0 saturated heterocycles. The minimum atomic E-state index is -0.348. The summed E-state index contributed by atoms with van der Waals surface area (Å²) >= 11 is 0. The molecule has 0 saturated carbocycles. The summed E-state index contributed by atoms with van der Waals surface area (Å²) in [6.07, 6.45) is 2.38. The number of aryl methyl sites for hydroxylation is 1. The lowest BCUT2D eigenvalue weighted by molar-refractivity contribution is -0.385. The van der Waals surface area contributed by atoms with Crippen molar-refractivity contribution in [2.24, 2.45) is 5.92 Å². The lowest BCUT2D eigenvalue weighted by Crippen LogP contribution is -2.11. The fraction of sp³-hybridized carbons (Fsp3) is 0.538. The molecule has 1 rings (SSSR count). The van der Waals surface area contributed by atoms with Crippen LogP contribution in [-0.2, 0) is 0 Å². The maximum absolute atomic E-state index is 10.7. The van der Waals surface area contributed by atoms with Gasteiger partial charge in [-0.05, 0) is 31.4 Å². The van der Waals surface area contributed by atoms with E-state index < -0.39 is 0 Å². The van der Waals surface area contributed by atoms with E-state index in [-0.39, 0.29) is 10.6 Å². The van der Waals surface area contributed by atoms with Crippen LogP contribution < -0.4 is 5.32 Å². The van der Waals surface area contributed by atoms with Crippen LogP contribution in [0.4, 0.5) is 11.4 Å². The first-order chi connectivity index (χ1) is 8.04. The number of rotatable bonds is 6. The molecule has 0 amide bonds. The second-order valence-electron chi connectivity index (χ2n) is 4.53. The minimum Gasteiger partial charge on any atom is -0.385 e. The Labute approximate surface area is 102 Å². The maximum Gasteiger partial charge on any atom is 0.272 e. The summed E-state index contributed by atoms with van der Waals surface area (Å²) in [4.78, 5) is 10.3. The van der Waals surface area contributed by atoms with Gasteiger partial charge in [-0.15, -0.1) is 0 Å². The molecule has 0 aromatic heterocycles. The van der Waals surface area contributed by atoms with Gasteiger partial charge in [-0.25, -0.2) is 0 Å². The van der Waals surface area contributed by atoms with Gasteiger partial charge in [0.1, 0.15) is 0 Å². The Morgan fingerprint density at radius 3 is 2.71 bits per heavy atom. The predicted octanol–water partition coefficient (Wildman–Crippen LogP) is 3.75. The highest BCUT2D eigenvalue weighted by Gasteiger charge is 2.10. The molecule has 4 heteroatoms. The molecule has 0 aliphatic rings. The van der Waals surface area contributed by atoms with Crippen molar-refractivity contribution in [3.05, 3.63) is 33.9 Å². The van der Waals surface area contributed by atoms with E-state index in [9.17, 15) is 10.1 Å². The van der Waals surface area contributed by atoms with E-state index in [4.69, 9.17) is 0 Å². The fourth-order valence-electron chi connectivity index (χ4n) is 1.86.